The molecule has 1 saturated carbocycles. The van der Waals surface area contributed by atoms with E-state index < -0.39 is 10.0 Å². The van der Waals surface area contributed by atoms with Gasteiger partial charge >= 0.3 is 0 Å². The van der Waals surface area contributed by atoms with E-state index in [0.717, 1.165) is 11.3 Å². The van der Waals surface area contributed by atoms with Gasteiger partial charge in [0.1, 0.15) is 5.75 Å². The van der Waals surface area contributed by atoms with Crippen LogP contribution in [0.2, 0.25) is 0 Å². The van der Waals surface area contributed by atoms with Gasteiger partial charge in [-0.15, -0.1) is 0 Å². The number of hydrogen-bond donors (Lipinski definition) is 2. The summed E-state index contributed by atoms with van der Waals surface area (Å²) in [7, 11) is -2.02. The number of benzene rings is 2. The van der Waals surface area contributed by atoms with Gasteiger partial charge in [-0.05, 0) is 54.2 Å². The normalized spacial score (nSPS) is 15.0. The topological polar surface area (TPSA) is 84.5 Å². The lowest BCUT2D eigenvalue weighted by atomic mass is 9.84. The summed E-state index contributed by atoms with van der Waals surface area (Å²) in [5.41, 5.74) is 2.16. The summed E-state index contributed by atoms with van der Waals surface area (Å²) < 4.78 is 32.6. The first kappa shape index (κ1) is 22.3. The molecule has 0 bridgehead atoms. The quantitative estimate of drug-likeness (QED) is 0.635. The van der Waals surface area contributed by atoms with Crippen molar-refractivity contribution in [2.75, 3.05) is 13.7 Å². The van der Waals surface area contributed by atoms with Crippen molar-refractivity contribution >= 4 is 15.9 Å². The zero-order valence-corrected chi connectivity index (χ0v) is 18.2. The highest BCUT2D eigenvalue weighted by Gasteiger charge is 2.18. The Balaban J connectivity index is 1.44. The molecule has 2 aromatic rings. The maximum absolute atomic E-state index is 12.5. The molecule has 2 N–H and O–H groups in total. The van der Waals surface area contributed by atoms with Gasteiger partial charge in [0, 0.05) is 19.5 Å². The van der Waals surface area contributed by atoms with Gasteiger partial charge in [-0.1, -0.05) is 43.5 Å². The van der Waals surface area contributed by atoms with E-state index in [-0.39, 0.29) is 23.8 Å². The van der Waals surface area contributed by atoms with Gasteiger partial charge in [0.25, 0.3) is 0 Å². The number of amides is 1. The zero-order chi connectivity index (χ0) is 21.4. The van der Waals surface area contributed by atoms with E-state index in [0.29, 0.717) is 12.5 Å². The summed E-state index contributed by atoms with van der Waals surface area (Å²) in [6, 6.07) is 14.6. The van der Waals surface area contributed by atoms with Gasteiger partial charge in [0.2, 0.25) is 15.9 Å². The Kier molecular flexibility index (Phi) is 7.87. The van der Waals surface area contributed by atoms with Gasteiger partial charge in [-0.25, -0.2) is 13.1 Å². The van der Waals surface area contributed by atoms with Crippen LogP contribution >= 0.6 is 0 Å². The highest BCUT2D eigenvalue weighted by Crippen LogP contribution is 2.32. The number of methoxy groups -OCH3 is 1. The molecule has 1 aliphatic carbocycles. The highest BCUT2D eigenvalue weighted by atomic mass is 32.2. The molecule has 7 heteroatoms. The van der Waals surface area contributed by atoms with Crippen LogP contribution in [0.4, 0.5) is 0 Å². The molecule has 0 aliphatic heterocycles. The number of ether oxygens (including phenoxy) is 1. The molecule has 3 rings (SSSR count). The summed E-state index contributed by atoms with van der Waals surface area (Å²) in [4.78, 5) is 12.2. The third kappa shape index (κ3) is 6.31. The van der Waals surface area contributed by atoms with E-state index in [1.54, 1.807) is 19.2 Å². The molecular formula is C23H30N2O4S. The second-order valence-electron chi connectivity index (χ2n) is 7.68. The van der Waals surface area contributed by atoms with Crippen molar-refractivity contribution in [3.8, 4) is 5.75 Å². The Morgan fingerprint density at radius 1 is 1.00 bits per heavy atom. The first-order valence-electron chi connectivity index (χ1n) is 10.5. The summed E-state index contributed by atoms with van der Waals surface area (Å²) in [6.45, 7) is 0.444. The highest BCUT2D eigenvalue weighted by molar-refractivity contribution is 7.89. The maximum Gasteiger partial charge on any atom is 0.240 e. The minimum absolute atomic E-state index is 0.0567. The molecule has 2 aromatic carbocycles. The molecule has 0 radical (unpaired) electrons. The lowest BCUT2D eigenvalue weighted by Gasteiger charge is -2.22. The first-order valence-corrected chi connectivity index (χ1v) is 12.0. The van der Waals surface area contributed by atoms with E-state index in [1.807, 2.05) is 36.4 Å². The van der Waals surface area contributed by atoms with Gasteiger partial charge in [-0.2, -0.15) is 0 Å². The predicted octanol–water partition coefficient (Wildman–Crippen LogP) is 3.73. The Hall–Kier alpha value is -2.38. The second kappa shape index (κ2) is 10.6. The smallest absolute Gasteiger partial charge is 0.240 e. The van der Waals surface area contributed by atoms with Gasteiger partial charge in [0.15, 0.2) is 0 Å². The summed E-state index contributed by atoms with van der Waals surface area (Å²) in [5.74, 6) is 1.09. The van der Waals surface area contributed by atoms with Crippen LogP contribution < -0.4 is 14.8 Å². The molecule has 0 spiro atoms. The van der Waals surface area contributed by atoms with E-state index in [2.05, 4.69) is 10.0 Å². The van der Waals surface area contributed by atoms with Crippen LogP contribution in [0.5, 0.6) is 5.75 Å². The molecule has 1 aliphatic rings. The fraction of sp³-hybridized carbons (Fsp3) is 0.435. The largest absolute Gasteiger partial charge is 0.497 e. The first-order chi connectivity index (χ1) is 14.5. The second-order valence-corrected chi connectivity index (χ2v) is 9.44. The molecular weight excluding hydrogens is 400 g/mol. The number of carbonyl (C=O) groups is 1. The van der Waals surface area contributed by atoms with Crippen LogP contribution in [0.15, 0.2) is 53.4 Å². The third-order valence-corrected chi connectivity index (χ3v) is 7.04. The standard InChI is InChI=1S/C23H30N2O4S/c1-29-21-11-7-18(8-12-21)17-24-23(26)15-16-25-30(27,28)22-13-9-20(10-14-22)19-5-3-2-4-6-19/h7-14,19,25H,2-6,15-17H2,1H3,(H,24,26). The SMILES string of the molecule is COc1ccc(CNC(=O)CCNS(=O)(=O)c2ccc(C3CCCCC3)cc2)cc1. The van der Waals surface area contributed by atoms with Crippen LogP contribution in [0.25, 0.3) is 0 Å². The maximum atomic E-state index is 12.5. The average Bonchev–Trinajstić information content (AvgIpc) is 2.78. The molecule has 1 fully saturated rings. The molecule has 0 unspecified atom stereocenters. The average molecular weight is 431 g/mol. The zero-order valence-electron chi connectivity index (χ0n) is 17.4. The molecule has 0 atom stereocenters. The van der Waals surface area contributed by atoms with E-state index in [1.165, 1.54) is 37.7 Å². The number of nitrogens with one attached hydrogen (secondary N) is 2. The van der Waals surface area contributed by atoms with Crippen LogP contribution in [0.3, 0.4) is 0 Å². The predicted molar refractivity (Wildman–Crippen MR) is 117 cm³/mol. The molecule has 0 aromatic heterocycles. The van der Waals surface area contributed by atoms with Crippen molar-refractivity contribution in [1.82, 2.24) is 10.0 Å². The van der Waals surface area contributed by atoms with Crippen LogP contribution in [-0.4, -0.2) is 28.0 Å². The number of rotatable bonds is 9. The van der Waals surface area contributed by atoms with E-state index in [9.17, 15) is 13.2 Å². The summed E-state index contributed by atoms with van der Waals surface area (Å²) in [5, 5.41) is 2.79. The van der Waals surface area contributed by atoms with E-state index >= 15 is 0 Å². The lowest BCUT2D eigenvalue weighted by molar-refractivity contribution is -0.121. The molecule has 1 amide bonds. The summed E-state index contributed by atoms with van der Waals surface area (Å²) in [6.07, 6.45) is 6.21. The Bertz CT molecular complexity index is 919. The Labute approximate surface area is 179 Å². The van der Waals surface area contributed by atoms with Gasteiger partial charge < -0.3 is 10.1 Å². The lowest BCUT2D eigenvalue weighted by Crippen LogP contribution is -2.30. The van der Waals surface area contributed by atoms with Crippen LogP contribution in [-0.2, 0) is 21.4 Å². The molecule has 162 valence electrons. The Morgan fingerprint density at radius 3 is 2.30 bits per heavy atom. The van der Waals surface area contributed by atoms with Crippen molar-refractivity contribution in [2.24, 2.45) is 0 Å². The van der Waals surface area contributed by atoms with Crippen LogP contribution in [0.1, 0.15) is 55.6 Å². The van der Waals surface area contributed by atoms with Gasteiger partial charge in [0.05, 0.1) is 12.0 Å². The minimum Gasteiger partial charge on any atom is -0.497 e. The minimum atomic E-state index is -3.62. The van der Waals surface area contributed by atoms with E-state index in [4.69, 9.17) is 4.74 Å². The Morgan fingerprint density at radius 2 is 1.67 bits per heavy atom. The fourth-order valence-electron chi connectivity index (χ4n) is 3.77. The molecule has 0 heterocycles. The number of sulfonamides is 1. The number of carbonyl (C=O) groups excluding carboxylic acids is 1. The third-order valence-electron chi connectivity index (χ3n) is 5.56. The number of hydrogen-bond acceptors (Lipinski definition) is 4. The van der Waals surface area contributed by atoms with Crippen molar-refractivity contribution in [2.45, 2.75) is 55.9 Å². The monoisotopic (exact) mass is 430 g/mol. The van der Waals surface area contributed by atoms with Crippen LogP contribution in [0, 0.1) is 0 Å². The fourth-order valence-corrected chi connectivity index (χ4v) is 4.80. The summed E-state index contributed by atoms with van der Waals surface area (Å²) >= 11 is 0. The van der Waals surface area contributed by atoms with Crippen molar-refractivity contribution in [1.29, 1.82) is 0 Å². The molecule has 30 heavy (non-hydrogen) atoms. The van der Waals surface area contributed by atoms with Gasteiger partial charge in [-0.3, -0.25) is 4.79 Å². The molecule has 6 nitrogen and oxygen atoms in total. The molecule has 0 saturated heterocycles. The van der Waals surface area contributed by atoms with Crippen molar-refractivity contribution in [3.05, 3.63) is 59.7 Å². The van der Waals surface area contributed by atoms with Crippen molar-refractivity contribution in [3.63, 3.8) is 0 Å². The van der Waals surface area contributed by atoms with Crippen molar-refractivity contribution < 1.29 is 17.9 Å².